The van der Waals surface area contributed by atoms with Crippen LogP contribution >= 0.6 is 0 Å². The first kappa shape index (κ1) is 22.2. The Morgan fingerprint density at radius 3 is 2.61 bits per heavy atom. The molecule has 6 nitrogen and oxygen atoms in total. The van der Waals surface area contributed by atoms with E-state index in [9.17, 15) is 18.0 Å². The maximum Gasteiger partial charge on any atom is 0.416 e. The van der Waals surface area contributed by atoms with E-state index in [2.05, 4.69) is 22.2 Å². The first-order valence-electron chi connectivity index (χ1n) is 9.57. The molecule has 0 spiro atoms. The van der Waals surface area contributed by atoms with Gasteiger partial charge in [0.15, 0.2) is 0 Å². The second-order valence-electron chi connectivity index (χ2n) is 7.01. The zero-order valence-corrected chi connectivity index (χ0v) is 17.2. The molecule has 2 N–H and O–H groups in total. The Morgan fingerprint density at radius 1 is 1.19 bits per heavy atom. The number of esters is 1. The first-order valence-corrected chi connectivity index (χ1v) is 9.57. The van der Waals surface area contributed by atoms with E-state index in [4.69, 9.17) is 4.74 Å². The number of rotatable bonds is 8. The number of ether oxygens (including phenoxy) is 1. The number of anilines is 1. The van der Waals surface area contributed by atoms with Gasteiger partial charge in [-0.05, 0) is 36.8 Å². The number of nitrogens with one attached hydrogen (secondary N) is 2. The van der Waals surface area contributed by atoms with Crippen LogP contribution in [-0.4, -0.2) is 35.7 Å². The summed E-state index contributed by atoms with van der Waals surface area (Å²) in [7, 11) is 1.28. The summed E-state index contributed by atoms with van der Waals surface area (Å²) in [5.74, 6) is -0.114. The number of benzene rings is 2. The predicted octanol–water partition coefficient (Wildman–Crippen LogP) is 4.43. The number of fused-ring (bicyclic) bond motifs is 1. The third-order valence-corrected chi connectivity index (χ3v) is 4.66. The molecule has 0 bridgehead atoms. The van der Waals surface area contributed by atoms with Crippen molar-refractivity contribution in [2.45, 2.75) is 19.6 Å². The van der Waals surface area contributed by atoms with Crippen molar-refractivity contribution in [1.82, 2.24) is 14.9 Å². The lowest BCUT2D eigenvalue weighted by molar-refractivity contribution is -0.138. The maximum absolute atomic E-state index is 13.5. The number of methoxy groups -OCH3 is 1. The van der Waals surface area contributed by atoms with Gasteiger partial charge in [0.25, 0.3) is 0 Å². The highest BCUT2D eigenvalue weighted by Gasteiger charge is 2.33. The number of allylic oxidation sites excluding steroid dienone is 1. The van der Waals surface area contributed by atoms with Gasteiger partial charge in [0.05, 0.1) is 35.8 Å². The molecule has 0 unspecified atom stereocenters. The van der Waals surface area contributed by atoms with Crippen LogP contribution in [0.4, 0.5) is 19.1 Å². The van der Waals surface area contributed by atoms with Crippen LogP contribution in [0.1, 0.15) is 28.4 Å². The highest BCUT2D eigenvalue weighted by molar-refractivity contribution is 5.94. The largest absolute Gasteiger partial charge is 0.465 e. The molecule has 0 amide bonds. The van der Waals surface area contributed by atoms with Gasteiger partial charge in [0, 0.05) is 18.8 Å². The van der Waals surface area contributed by atoms with Crippen molar-refractivity contribution in [2.24, 2.45) is 0 Å². The summed E-state index contributed by atoms with van der Waals surface area (Å²) in [5.41, 5.74) is 1.61. The van der Waals surface area contributed by atoms with E-state index in [-0.39, 0.29) is 12.1 Å². The lowest BCUT2D eigenvalue weighted by Gasteiger charge is -2.16. The zero-order valence-electron chi connectivity index (χ0n) is 17.2. The molecular formula is C22H23F3N4O2. The van der Waals surface area contributed by atoms with Gasteiger partial charge in [-0.2, -0.15) is 13.2 Å². The zero-order chi connectivity index (χ0) is 22.6. The van der Waals surface area contributed by atoms with Crippen molar-refractivity contribution in [3.63, 3.8) is 0 Å². The molecule has 164 valence electrons. The molecule has 2 aromatic carbocycles. The Hall–Kier alpha value is -3.49. The van der Waals surface area contributed by atoms with Gasteiger partial charge in [-0.1, -0.05) is 24.8 Å². The average Bonchev–Trinajstić information content (AvgIpc) is 3.06. The standard InChI is InChI=1S/C22H23F3N4O2/c1-14(2)26-10-11-27-21-28-18-12-15(20(30)31-3)8-9-19(18)29(21)13-16-6-4-5-7-17(16)22(23,24)25/h4-9,12,26H,1,10-11,13H2,2-3H3,(H,27,28). The average molecular weight is 432 g/mol. The molecule has 0 atom stereocenters. The minimum Gasteiger partial charge on any atom is -0.465 e. The molecule has 0 radical (unpaired) electrons. The van der Waals surface area contributed by atoms with Gasteiger partial charge in [-0.25, -0.2) is 9.78 Å². The monoisotopic (exact) mass is 432 g/mol. The third-order valence-electron chi connectivity index (χ3n) is 4.66. The van der Waals surface area contributed by atoms with E-state index in [0.29, 0.717) is 35.6 Å². The predicted molar refractivity (Wildman–Crippen MR) is 113 cm³/mol. The first-order chi connectivity index (χ1) is 14.7. The summed E-state index contributed by atoms with van der Waals surface area (Å²) in [6.45, 7) is 6.59. The molecule has 1 heterocycles. The molecule has 0 aliphatic rings. The van der Waals surface area contributed by atoms with Crippen molar-refractivity contribution >= 4 is 23.0 Å². The van der Waals surface area contributed by atoms with Crippen LogP contribution in [0.3, 0.4) is 0 Å². The van der Waals surface area contributed by atoms with Gasteiger partial charge in [-0.3, -0.25) is 0 Å². The molecule has 0 saturated heterocycles. The fourth-order valence-corrected chi connectivity index (χ4v) is 3.22. The number of alkyl halides is 3. The van der Waals surface area contributed by atoms with Crippen molar-refractivity contribution < 1.29 is 22.7 Å². The smallest absolute Gasteiger partial charge is 0.416 e. The summed E-state index contributed by atoms with van der Waals surface area (Å²) >= 11 is 0. The Balaban J connectivity index is 2.02. The molecule has 3 aromatic rings. The minimum absolute atomic E-state index is 0.0417. The Kier molecular flexibility index (Phi) is 6.53. The van der Waals surface area contributed by atoms with Crippen LogP contribution in [0.15, 0.2) is 54.7 Å². The Labute approximate surface area is 177 Å². The Bertz CT molecular complexity index is 1110. The molecular weight excluding hydrogens is 409 g/mol. The fourth-order valence-electron chi connectivity index (χ4n) is 3.22. The van der Waals surface area contributed by atoms with Gasteiger partial charge in [-0.15, -0.1) is 0 Å². The minimum atomic E-state index is -4.47. The molecule has 9 heteroatoms. The van der Waals surface area contributed by atoms with E-state index in [1.54, 1.807) is 28.8 Å². The van der Waals surface area contributed by atoms with Gasteiger partial charge >= 0.3 is 12.1 Å². The quantitative estimate of drug-likeness (QED) is 0.407. The number of carbonyl (C=O) groups is 1. The number of imidazole rings is 1. The second kappa shape index (κ2) is 9.11. The van der Waals surface area contributed by atoms with Crippen LogP contribution in [0.2, 0.25) is 0 Å². The van der Waals surface area contributed by atoms with E-state index in [1.807, 2.05) is 6.92 Å². The molecule has 31 heavy (non-hydrogen) atoms. The molecule has 1 aromatic heterocycles. The number of nitrogens with zero attached hydrogens (tertiary/aromatic N) is 2. The maximum atomic E-state index is 13.5. The van der Waals surface area contributed by atoms with Gasteiger partial charge in [0.2, 0.25) is 5.95 Å². The van der Waals surface area contributed by atoms with Crippen molar-refractivity contribution in [3.8, 4) is 0 Å². The van der Waals surface area contributed by atoms with Crippen LogP contribution in [0.25, 0.3) is 11.0 Å². The van der Waals surface area contributed by atoms with Crippen molar-refractivity contribution in [3.05, 3.63) is 71.4 Å². The van der Waals surface area contributed by atoms with Crippen LogP contribution in [-0.2, 0) is 17.5 Å². The third kappa shape index (κ3) is 5.17. The van der Waals surface area contributed by atoms with Crippen LogP contribution in [0.5, 0.6) is 0 Å². The highest BCUT2D eigenvalue weighted by Crippen LogP contribution is 2.33. The number of hydrogen-bond donors (Lipinski definition) is 2. The summed E-state index contributed by atoms with van der Waals surface area (Å²) in [5, 5.41) is 6.23. The highest BCUT2D eigenvalue weighted by atomic mass is 19.4. The normalized spacial score (nSPS) is 11.4. The van der Waals surface area contributed by atoms with E-state index in [1.165, 1.54) is 19.2 Å². The lowest BCUT2D eigenvalue weighted by atomic mass is 10.1. The second-order valence-corrected chi connectivity index (χ2v) is 7.01. The lowest BCUT2D eigenvalue weighted by Crippen LogP contribution is -2.21. The van der Waals surface area contributed by atoms with E-state index >= 15 is 0 Å². The molecule has 0 fully saturated rings. The topological polar surface area (TPSA) is 68.2 Å². The molecule has 0 aliphatic heterocycles. The summed E-state index contributed by atoms with van der Waals surface area (Å²) in [4.78, 5) is 16.4. The fraction of sp³-hybridized carbons (Fsp3) is 0.273. The van der Waals surface area contributed by atoms with Crippen LogP contribution in [0, 0.1) is 0 Å². The van der Waals surface area contributed by atoms with E-state index in [0.717, 1.165) is 11.8 Å². The summed E-state index contributed by atoms with van der Waals surface area (Å²) < 4.78 is 46.9. The summed E-state index contributed by atoms with van der Waals surface area (Å²) in [6.07, 6.45) is -4.47. The number of aromatic nitrogens is 2. The molecule has 3 rings (SSSR count). The van der Waals surface area contributed by atoms with Gasteiger partial charge in [0.1, 0.15) is 0 Å². The molecule has 0 aliphatic carbocycles. The van der Waals surface area contributed by atoms with Crippen LogP contribution < -0.4 is 10.6 Å². The van der Waals surface area contributed by atoms with Gasteiger partial charge < -0.3 is 19.9 Å². The van der Waals surface area contributed by atoms with E-state index < -0.39 is 17.7 Å². The number of halogens is 3. The van der Waals surface area contributed by atoms with Crippen molar-refractivity contribution in [2.75, 3.05) is 25.5 Å². The number of carbonyl (C=O) groups excluding carboxylic acids is 1. The Morgan fingerprint density at radius 2 is 1.94 bits per heavy atom. The summed E-state index contributed by atoms with van der Waals surface area (Å²) in [6, 6.07) is 10.2. The molecule has 0 saturated carbocycles. The number of hydrogen-bond acceptors (Lipinski definition) is 5. The van der Waals surface area contributed by atoms with Crippen molar-refractivity contribution in [1.29, 1.82) is 0 Å². The SMILES string of the molecule is C=C(C)NCCNc1nc2cc(C(=O)OC)ccc2n1Cc1ccccc1C(F)(F)F.